The summed E-state index contributed by atoms with van der Waals surface area (Å²) in [5.41, 5.74) is 6.88. The zero-order valence-electron chi connectivity index (χ0n) is 18.3. The van der Waals surface area contributed by atoms with Crippen molar-refractivity contribution in [3.05, 3.63) is 41.8 Å². The van der Waals surface area contributed by atoms with Crippen molar-refractivity contribution in [3.63, 3.8) is 0 Å². The Hall–Kier alpha value is -3.89. The highest BCUT2D eigenvalue weighted by Crippen LogP contribution is 2.37. The van der Waals surface area contributed by atoms with Gasteiger partial charge in [-0.25, -0.2) is 14.2 Å². The Morgan fingerprint density at radius 2 is 2.09 bits per heavy atom. The Bertz CT molecular complexity index is 1210. The van der Waals surface area contributed by atoms with Gasteiger partial charge in [-0.2, -0.15) is 5.10 Å². The molecular weight excluding hydrogens is 429 g/mol. The highest BCUT2D eigenvalue weighted by atomic mass is 19.1. The van der Waals surface area contributed by atoms with Crippen LogP contribution in [0.5, 0.6) is 0 Å². The molecule has 11 heteroatoms. The van der Waals surface area contributed by atoms with Crippen LogP contribution in [0.1, 0.15) is 36.5 Å². The van der Waals surface area contributed by atoms with Crippen LogP contribution in [0, 0.1) is 11.7 Å². The van der Waals surface area contributed by atoms with E-state index in [1.54, 1.807) is 16.9 Å². The molecule has 1 aliphatic rings. The maximum Gasteiger partial charge on any atom is 0.404 e. The average Bonchev–Trinajstić information content (AvgIpc) is 3.54. The number of carbonyl (C=O) groups is 2. The lowest BCUT2D eigenvalue weighted by Crippen LogP contribution is -2.47. The normalized spacial score (nSPS) is 15.1. The number of primary amides is 1. The van der Waals surface area contributed by atoms with Crippen LogP contribution >= 0.6 is 0 Å². The van der Waals surface area contributed by atoms with Crippen LogP contribution in [0.15, 0.2) is 30.5 Å². The minimum absolute atomic E-state index is 0.0802. The van der Waals surface area contributed by atoms with Gasteiger partial charge >= 0.3 is 6.09 Å². The Labute approximate surface area is 189 Å². The molecule has 0 saturated heterocycles. The number of aromatic nitrogens is 3. The Morgan fingerprint density at radius 3 is 2.73 bits per heavy atom. The van der Waals surface area contributed by atoms with Gasteiger partial charge in [0.25, 0.3) is 5.91 Å². The second-order valence-electron chi connectivity index (χ2n) is 8.18. The van der Waals surface area contributed by atoms with Gasteiger partial charge in [0.2, 0.25) is 0 Å². The second kappa shape index (κ2) is 8.93. The van der Waals surface area contributed by atoms with Gasteiger partial charge in [0.15, 0.2) is 11.6 Å². The molecule has 1 aliphatic carbocycles. The van der Waals surface area contributed by atoms with E-state index in [4.69, 9.17) is 5.73 Å². The van der Waals surface area contributed by atoms with Gasteiger partial charge in [-0.3, -0.25) is 9.48 Å². The fourth-order valence-electron chi connectivity index (χ4n) is 4.05. The quantitative estimate of drug-likeness (QED) is 0.333. The standard InChI is InChI=1S/C22H26FN7O3/c1-3-15(27-22(32)33)18(11-7-8-11)28-21-14(23)9-12(19(24)31)20(29-21)26-16-5-4-6-17-13(16)10-25-30(17)2/h4-6,9-11,15,18,27H,3,7-8H2,1-2H3,(H2,24,31)(H,32,33)(H2,26,28,29)/t15-,18-/m0/s1. The third-order valence-electron chi connectivity index (χ3n) is 5.90. The third-order valence-corrected chi connectivity index (χ3v) is 5.90. The van der Waals surface area contributed by atoms with Crippen molar-refractivity contribution in [2.45, 2.75) is 38.3 Å². The van der Waals surface area contributed by atoms with Crippen LogP contribution in [0.2, 0.25) is 0 Å². The number of rotatable bonds is 9. The number of hydrogen-bond acceptors (Lipinski definition) is 6. The van der Waals surface area contributed by atoms with Gasteiger partial charge < -0.3 is 26.8 Å². The van der Waals surface area contributed by atoms with E-state index in [-0.39, 0.29) is 29.2 Å². The number of halogens is 1. The molecule has 1 aromatic carbocycles. The zero-order chi connectivity index (χ0) is 23.7. The molecule has 2 amide bonds. The van der Waals surface area contributed by atoms with E-state index in [0.29, 0.717) is 12.1 Å². The fourth-order valence-corrected chi connectivity index (χ4v) is 4.05. The van der Waals surface area contributed by atoms with Crippen LogP contribution in [0.3, 0.4) is 0 Å². The maximum atomic E-state index is 14.9. The number of nitrogens with one attached hydrogen (secondary N) is 3. The van der Waals surface area contributed by atoms with E-state index in [9.17, 15) is 19.1 Å². The minimum atomic E-state index is -1.14. The lowest BCUT2D eigenvalue weighted by atomic mass is 10.0. The molecule has 1 fully saturated rings. The predicted octanol–water partition coefficient (Wildman–Crippen LogP) is 3.19. The molecular formula is C22H26FN7O3. The predicted molar refractivity (Wildman–Crippen MR) is 122 cm³/mol. The molecule has 174 valence electrons. The summed E-state index contributed by atoms with van der Waals surface area (Å²) in [5.74, 6) is -1.37. The molecule has 33 heavy (non-hydrogen) atoms. The van der Waals surface area contributed by atoms with Gasteiger partial charge in [0, 0.05) is 12.4 Å². The lowest BCUT2D eigenvalue weighted by Gasteiger charge is -2.28. The van der Waals surface area contributed by atoms with Gasteiger partial charge in [-0.1, -0.05) is 13.0 Å². The van der Waals surface area contributed by atoms with Gasteiger partial charge in [-0.05, 0) is 43.4 Å². The van der Waals surface area contributed by atoms with Crippen molar-refractivity contribution in [2.75, 3.05) is 10.6 Å². The molecule has 3 aromatic rings. The number of aryl methyl sites for hydroxylation is 1. The molecule has 0 spiro atoms. The summed E-state index contributed by atoms with van der Waals surface area (Å²) in [6.07, 6.45) is 2.88. The number of fused-ring (bicyclic) bond motifs is 1. The molecule has 2 atom stereocenters. The SMILES string of the molecule is CC[C@H](NC(=O)O)[C@@H](Nc1nc(Nc2cccc3c2cnn3C)c(C(N)=O)cc1F)C1CC1. The highest BCUT2D eigenvalue weighted by molar-refractivity contribution is 6.00. The van der Waals surface area contributed by atoms with Crippen LogP contribution in [0.25, 0.3) is 10.9 Å². The molecule has 2 heterocycles. The van der Waals surface area contributed by atoms with Crippen LogP contribution in [-0.2, 0) is 7.05 Å². The van der Waals surface area contributed by atoms with Gasteiger partial charge in [-0.15, -0.1) is 0 Å². The van der Waals surface area contributed by atoms with Crippen molar-refractivity contribution < 1.29 is 19.1 Å². The Balaban J connectivity index is 1.70. The number of amides is 2. The number of nitrogens with two attached hydrogens (primary N) is 1. The van der Waals surface area contributed by atoms with Crippen molar-refractivity contribution in [3.8, 4) is 0 Å². The first-order chi connectivity index (χ1) is 15.8. The summed E-state index contributed by atoms with van der Waals surface area (Å²) in [5, 5.41) is 22.9. The lowest BCUT2D eigenvalue weighted by molar-refractivity contribution is 0.100. The summed E-state index contributed by atoms with van der Waals surface area (Å²) in [6.45, 7) is 1.86. The van der Waals surface area contributed by atoms with Crippen molar-refractivity contribution in [1.82, 2.24) is 20.1 Å². The monoisotopic (exact) mass is 455 g/mol. The van der Waals surface area contributed by atoms with E-state index in [1.807, 2.05) is 26.1 Å². The number of carboxylic acid groups (broad SMARTS) is 1. The smallest absolute Gasteiger partial charge is 0.404 e. The van der Waals surface area contributed by atoms with Crippen molar-refractivity contribution in [2.24, 2.45) is 18.7 Å². The molecule has 1 saturated carbocycles. The van der Waals surface area contributed by atoms with Gasteiger partial charge in [0.1, 0.15) is 5.82 Å². The topological polar surface area (TPSA) is 147 Å². The minimum Gasteiger partial charge on any atom is -0.465 e. The number of carbonyl (C=O) groups excluding carboxylic acids is 1. The number of nitrogens with zero attached hydrogens (tertiary/aromatic N) is 3. The van der Waals surface area contributed by atoms with Crippen molar-refractivity contribution >= 4 is 40.2 Å². The van der Waals surface area contributed by atoms with Crippen LogP contribution in [-0.4, -0.2) is 44.0 Å². The summed E-state index contributed by atoms with van der Waals surface area (Å²) in [7, 11) is 1.81. The summed E-state index contributed by atoms with van der Waals surface area (Å²) in [4.78, 5) is 27.6. The van der Waals surface area contributed by atoms with Crippen molar-refractivity contribution in [1.29, 1.82) is 0 Å². The average molecular weight is 455 g/mol. The number of anilines is 3. The van der Waals surface area contributed by atoms with E-state index in [0.717, 1.165) is 29.8 Å². The number of benzene rings is 1. The molecule has 4 rings (SSSR count). The molecule has 6 N–H and O–H groups in total. The summed E-state index contributed by atoms with van der Waals surface area (Å²) in [6, 6.07) is 5.79. The zero-order valence-corrected chi connectivity index (χ0v) is 18.3. The Morgan fingerprint density at radius 1 is 1.33 bits per heavy atom. The number of pyridine rings is 1. The third kappa shape index (κ3) is 4.66. The first-order valence-electron chi connectivity index (χ1n) is 10.7. The van der Waals surface area contributed by atoms with Crippen LogP contribution < -0.4 is 21.7 Å². The number of hydrogen-bond donors (Lipinski definition) is 5. The molecule has 10 nitrogen and oxygen atoms in total. The van der Waals surface area contributed by atoms with E-state index in [1.165, 1.54) is 0 Å². The first-order valence-corrected chi connectivity index (χ1v) is 10.7. The van der Waals surface area contributed by atoms with E-state index >= 15 is 0 Å². The molecule has 0 radical (unpaired) electrons. The largest absolute Gasteiger partial charge is 0.465 e. The molecule has 0 unspecified atom stereocenters. The molecule has 0 bridgehead atoms. The maximum absolute atomic E-state index is 14.9. The summed E-state index contributed by atoms with van der Waals surface area (Å²) >= 11 is 0. The second-order valence-corrected chi connectivity index (χ2v) is 8.18. The highest BCUT2D eigenvalue weighted by Gasteiger charge is 2.37. The van der Waals surface area contributed by atoms with E-state index in [2.05, 4.69) is 26.0 Å². The van der Waals surface area contributed by atoms with Gasteiger partial charge in [0.05, 0.1) is 35.0 Å². The Kier molecular flexibility index (Phi) is 6.03. The molecule has 0 aliphatic heterocycles. The summed E-state index contributed by atoms with van der Waals surface area (Å²) < 4.78 is 16.7. The van der Waals surface area contributed by atoms with E-state index < -0.39 is 23.9 Å². The fraction of sp³-hybridized carbons (Fsp3) is 0.364. The van der Waals surface area contributed by atoms with Crippen LogP contribution in [0.4, 0.5) is 26.5 Å². The first kappa shape index (κ1) is 22.3. The molecule has 2 aromatic heterocycles.